The highest BCUT2D eigenvalue weighted by atomic mass is 16.7. The summed E-state index contributed by atoms with van der Waals surface area (Å²) >= 11 is 0. The number of nitrogens with two attached hydrogens (primary N) is 1. The van der Waals surface area contributed by atoms with Crippen LogP contribution in [0.15, 0.2) is 12.1 Å². The molecule has 1 aromatic carbocycles. The van der Waals surface area contributed by atoms with E-state index in [1.165, 1.54) is 0 Å². The largest absolute Gasteiger partial charge is 0.493 e. The van der Waals surface area contributed by atoms with Gasteiger partial charge in [0.15, 0.2) is 11.5 Å². The third-order valence-corrected chi connectivity index (χ3v) is 7.94. The number of methoxy groups -OCH3 is 1. The average Bonchev–Trinajstić information content (AvgIpc) is 3.48. The van der Waals surface area contributed by atoms with Gasteiger partial charge in [-0.3, -0.25) is 14.5 Å². The second-order valence-electron chi connectivity index (χ2n) is 11.4. The Hall–Kier alpha value is -2.52. The maximum atomic E-state index is 13.6. The van der Waals surface area contributed by atoms with Crippen LogP contribution in [0.3, 0.4) is 0 Å². The van der Waals surface area contributed by atoms with Crippen molar-refractivity contribution in [2.24, 2.45) is 17.1 Å². The zero-order valence-electron chi connectivity index (χ0n) is 23.8. The molecule has 1 saturated heterocycles. The number of nitrogens with zero attached hydrogens (tertiary/aromatic N) is 2. The summed E-state index contributed by atoms with van der Waals surface area (Å²) in [4.78, 5) is 30.4. The maximum Gasteiger partial charge on any atom is 0.308 e. The van der Waals surface area contributed by atoms with Gasteiger partial charge in [0.2, 0.25) is 18.4 Å². The van der Waals surface area contributed by atoms with Crippen molar-refractivity contribution in [3.63, 3.8) is 0 Å². The molecule has 3 N–H and O–H groups in total. The predicted octanol–water partition coefficient (Wildman–Crippen LogP) is 4.09. The summed E-state index contributed by atoms with van der Waals surface area (Å²) in [5, 5.41) is 10.5. The zero-order chi connectivity index (χ0) is 27.9. The lowest BCUT2D eigenvalue weighted by molar-refractivity contribution is -0.144. The molecule has 2 aliphatic rings. The standard InChI is InChI=1S/C29H47N3O6/c1-6-8-12-31(13-9-11-30)25(33)18-32-17-21(20-14-23(36-5)27-24(15-20)37-19-38-27)26(28(34)35)22(32)16-29(3,4)10-7-2/h14-15,21-22,26H,6-13,16-19,30H2,1-5H3,(H,34,35)/t21-,22+,26-/m1/s1. The molecule has 0 unspecified atom stereocenters. The highest BCUT2D eigenvalue weighted by Gasteiger charge is 2.49. The SMILES string of the molecule is CCCCN(CCCN)C(=O)CN1C[C@H](c2cc(OC)c3c(c2)OCO3)[C@@H](C(=O)O)[C@@H]1CC(C)(C)CCC. The van der Waals surface area contributed by atoms with Gasteiger partial charge in [0.25, 0.3) is 0 Å². The van der Waals surface area contributed by atoms with Gasteiger partial charge >= 0.3 is 5.97 Å². The van der Waals surface area contributed by atoms with E-state index < -0.39 is 11.9 Å². The van der Waals surface area contributed by atoms with E-state index >= 15 is 0 Å². The Labute approximate surface area is 227 Å². The summed E-state index contributed by atoms with van der Waals surface area (Å²) in [6.07, 6.45) is 5.38. The quantitative estimate of drug-likeness (QED) is 0.347. The number of ether oxygens (including phenoxy) is 3. The Morgan fingerprint density at radius 3 is 2.55 bits per heavy atom. The molecule has 0 aliphatic carbocycles. The number of hydrogen-bond donors (Lipinski definition) is 2. The molecule has 3 atom stereocenters. The second-order valence-corrected chi connectivity index (χ2v) is 11.4. The number of hydrogen-bond acceptors (Lipinski definition) is 7. The number of aliphatic carboxylic acids is 1. The summed E-state index contributed by atoms with van der Waals surface area (Å²) < 4.78 is 16.8. The maximum absolute atomic E-state index is 13.6. The van der Waals surface area contributed by atoms with E-state index in [2.05, 4.69) is 32.6 Å². The Morgan fingerprint density at radius 1 is 1.18 bits per heavy atom. The fourth-order valence-electron chi connectivity index (χ4n) is 6.06. The molecule has 0 saturated carbocycles. The van der Waals surface area contributed by atoms with Gasteiger partial charge in [0.05, 0.1) is 19.6 Å². The van der Waals surface area contributed by atoms with Crippen molar-refractivity contribution in [1.29, 1.82) is 0 Å². The Balaban J connectivity index is 1.96. The summed E-state index contributed by atoms with van der Waals surface area (Å²) in [6.45, 7) is 11.3. The number of carbonyl (C=O) groups is 2. The topological polar surface area (TPSA) is 115 Å². The molecule has 1 aromatic rings. The molecule has 3 rings (SSSR count). The Kier molecular flexibility index (Phi) is 10.7. The molecule has 0 aromatic heterocycles. The number of fused-ring (bicyclic) bond motifs is 1. The van der Waals surface area contributed by atoms with Crippen molar-refractivity contribution in [3.05, 3.63) is 17.7 Å². The van der Waals surface area contributed by atoms with Crippen molar-refractivity contribution < 1.29 is 28.9 Å². The van der Waals surface area contributed by atoms with Crippen LogP contribution < -0.4 is 19.9 Å². The summed E-state index contributed by atoms with van der Waals surface area (Å²) in [5.74, 6) is -0.155. The van der Waals surface area contributed by atoms with Crippen LogP contribution in [0, 0.1) is 11.3 Å². The molecule has 0 bridgehead atoms. The van der Waals surface area contributed by atoms with E-state index in [9.17, 15) is 14.7 Å². The van der Waals surface area contributed by atoms with Crippen LogP contribution in [-0.2, 0) is 9.59 Å². The molecule has 9 nitrogen and oxygen atoms in total. The molecule has 2 heterocycles. The van der Waals surface area contributed by atoms with Gasteiger partial charge in [-0.05, 0) is 55.3 Å². The first-order chi connectivity index (χ1) is 18.1. The van der Waals surface area contributed by atoms with Gasteiger partial charge in [-0.2, -0.15) is 0 Å². The average molecular weight is 534 g/mol. The van der Waals surface area contributed by atoms with Gasteiger partial charge < -0.3 is 30.0 Å². The van der Waals surface area contributed by atoms with E-state index in [4.69, 9.17) is 19.9 Å². The third-order valence-electron chi connectivity index (χ3n) is 7.94. The van der Waals surface area contributed by atoms with Crippen molar-refractivity contribution in [2.75, 3.05) is 46.6 Å². The number of benzene rings is 1. The van der Waals surface area contributed by atoms with E-state index in [0.29, 0.717) is 49.8 Å². The van der Waals surface area contributed by atoms with Crippen LogP contribution in [0.5, 0.6) is 17.2 Å². The van der Waals surface area contributed by atoms with Gasteiger partial charge in [-0.25, -0.2) is 0 Å². The van der Waals surface area contributed by atoms with Crippen LogP contribution >= 0.6 is 0 Å². The van der Waals surface area contributed by atoms with Crippen LogP contribution in [0.4, 0.5) is 0 Å². The molecule has 9 heteroatoms. The number of rotatable bonds is 15. The van der Waals surface area contributed by atoms with E-state index in [1.807, 2.05) is 17.0 Å². The van der Waals surface area contributed by atoms with Gasteiger partial charge in [0.1, 0.15) is 0 Å². The lowest BCUT2D eigenvalue weighted by atomic mass is 9.76. The summed E-state index contributed by atoms with van der Waals surface area (Å²) in [6, 6.07) is 3.46. The van der Waals surface area contributed by atoms with E-state index in [-0.39, 0.29) is 36.6 Å². The smallest absolute Gasteiger partial charge is 0.308 e. The van der Waals surface area contributed by atoms with E-state index in [0.717, 1.165) is 37.7 Å². The molecule has 214 valence electrons. The lowest BCUT2D eigenvalue weighted by Crippen LogP contribution is -2.46. The van der Waals surface area contributed by atoms with Crippen LogP contribution in [0.25, 0.3) is 0 Å². The molecule has 2 aliphatic heterocycles. The fourth-order valence-corrected chi connectivity index (χ4v) is 6.06. The Morgan fingerprint density at radius 2 is 1.92 bits per heavy atom. The number of amides is 1. The normalized spacial score (nSPS) is 21.1. The number of carbonyl (C=O) groups excluding carboxylic acids is 1. The number of carboxylic acids is 1. The van der Waals surface area contributed by atoms with Crippen LogP contribution in [0.2, 0.25) is 0 Å². The number of likely N-dealkylation sites (tertiary alicyclic amines) is 1. The molecule has 0 radical (unpaired) electrons. The second kappa shape index (κ2) is 13.5. The van der Waals surface area contributed by atoms with Gasteiger partial charge in [-0.1, -0.05) is 40.5 Å². The van der Waals surface area contributed by atoms with Gasteiger partial charge in [0, 0.05) is 31.6 Å². The molecule has 0 spiro atoms. The highest BCUT2D eigenvalue weighted by Crippen LogP contribution is 2.48. The van der Waals surface area contributed by atoms with Crippen LogP contribution in [-0.4, -0.2) is 79.5 Å². The number of carboxylic acid groups (broad SMARTS) is 1. The minimum Gasteiger partial charge on any atom is -0.493 e. The fraction of sp³-hybridized carbons (Fsp3) is 0.724. The first-order valence-corrected chi connectivity index (χ1v) is 14.1. The van der Waals surface area contributed by atoms with Crippen molar-refractivity contribution >= 4 is 11.9 Å². The third kappa shape index (κ3) is 7.11. The van der Waals surface area contributed by atoms with Gasteiger partial charge in [-0.15, -0.1) is 0 Å². The Bertz CT molecular complexity index is 944. The summed E-state index contributed by atoms with van der Waals surface area (Å²) in [7, 11) is 1.57. The molecular weight excluding hydrogens is 486 g/mol. The first-order valence-electron chi connectivity index (χ1n) is 14.1. The number of unbranched alkanes of at least 4 members (excludes halogenated alkanes) is 1. The molecule has 38 heavy (non-hydrogen) atoms. The highest BCUT2D eigenvalue weighted by molar-refractivity contribution is 5.79. The lowest BCUT2D eigenvalue weighted by Gasteiger charge is -2.35. The zero-order valence-corrected chi connectivity index (χ0v) is 23.8. The van der Waals surface area contributed by atoms with Crippen molar-refractivity contribution in [2.45, 2.75) is 78.2 Å². The van der Waals surface area contributed by atoms with Crippen molar-refractivity contribution in [3.8, 4) is 17.2 Å². The monoisotopic (exact) mass is 533 g/mol. The molecular formula is C29H47N3O6. The van der Waals surface area contributed by atoms with Crippen LogP contribution in [0.1, 0.15) is 77.7 Å². The minimum atomic E-state index is -0.843. The molecule has 1 fully saturated rings. The first kappa shape index (κ1) is 30.0. The predicted molar refractivity (Wildman–Crippen MR) is 147 cm³/mol. The summed E-state index contributed by atoms with van der Waals surface area (Å²) in [5.41, 5.74) is 6.52. The molecule has 1 amide bonds. The van der Waals surface area contributed by atoms with Crippen molar-refractivity contribution in [1.82, 2.24) is 9.80 Å². The van der Waals surface area contributed by atoms with E-state index in [1.54, 1.807) is 7.11 Å². The minimum absolute atomic E-state index is 0.0400.